The second kappa shape index (κ2) is 64.4. The number of aliphatic hydroxyl groups is 1. The van der Waals surface area contributed by atoms with Crippen molar-refractivity contribution < 1.29 is 80.2 Å². The molecule has 0 bridgehead atoms. The van der Waals surface area contributed by atoms with Gasteiger partial charge in [0.1, 0.15) is 19.3 Å². The van der Waals surface area contributed by atoms with Crippen molar-refractivity contribution in [2.45, 2.75) is 395 Å². The summed E-state index contributed by atoms with van der Waals surface area (Å²) in [6.45, 7) is 14.1. The molecule has 0 aliphatic carbocycles. The van der Waals surface area contributed by atoms with Gasteiger partial charge in [-0.25, -0.2) is 9.13 Å². The molecule has 0 heterocycles. The van der Waals surface area contributed by atoms with E-state index in [9.17, 15) is 43.2 Å². The predicted molar refractivity (Wildman–Crippen MR) is 381 cm³/mol. The monoisotopic (exact) mass is 1380 g/mol. The van der Waals surface area contributed by atoms with Crippen molar-refractivity contribution in [3.63, 3.8) is 0 Å². The van der Waals surface area contributed by atoms with Gasteiger partial charge in [-0.05, 0) is 49.4 Å². The van der Waals surface area contributed by atoms with Crippen LogP contribution in [0.25, 0.3) is 0 Å². The standard InChI is InChI=1S/C75H146O17P2/c1-65(2)51-43-35-27-19-15-12-10-9-11-13-17-21-31-39-47-55-72(77)85-61-70(91-74(79)57-49-41-33-22-18-14-16-20-28-36-44-52-66(3)4)63-89-93(81,82)87-59-69(76)60-88-94(83,84)90-64-71(92-75(80)58-50-42-34-26-24-30-38-46-54-68(7)8)62-86-73(78)56-48-40-32-25-23-29-37-45-53-67(5)6/h65-71,76H,9-64H2,1-8H3,(H,81,82)(H,83,84)/t69?,70-,71-/m1/s1. The molecule has 0 aromatic rings. The highest BCUT2D eigenvalue weighted by Crippen LogP contribution is 2.45. The first-order chi connectivity index (χ1) is 45.1. The maximum Gasteiger partial charge on any atom is 0.472 e. The van der Waals surface area contributed by atoms with Crippen LogP contribution in [0.3, 0.4) is 0 Å². The first kappa shape index (κ1) is 92.1. The van der Waals surface area contributed by atoms with Crippen LogP contribution in [0, 0.1) is 23.7 Å². The highest BCUT2D eigenvalue weighted by atomic mass is 31.2. The minimum atomic E-state index is -4.96. The number of esters is 4. The van der Waals surface area contributed by atoms with Crippen molar-refractivity contribution >= 4 is 39.5 Å². The van der Waals surface area contributed by atoms with Gasteiger partial charge in [-0.2, -0.15) is 0 Å². The number of unbranched alkanes of at least 4 members (excludes halogenated alkanes) is 38. The van der Waals surface area contributed by atoms with Gasteiger partial charge in [0.25, 0.3) is 0 Å². The van der Waals surface area contributed by atoms with Gasteiger partial charge in [-0.1, -0.05) is 325 Å². The lowest BCUT2D eigenvalue weighted by atomic mass is 10.0. The Kier molecular flexibility index (Phi) is 63.1. The van der Waals surface area contributed by atoms with Gasteiger partial charge in [0, 0.05) is 25.7 Å². The number of ether oxygens (including phenoxy) is 4. The lowest BCUT2D eigenvalue weighted by molar-refractivity contribution is -0.161. The highest BCUT2D eigenvalue weighted by molar-refractivity contribution is 7.47. The molecule has 0 saturated heterocycles. The Morgan fingerprint density at radius 2 is 0.447 bits per heavy atom. The Morgan fingerprint density at radius 1 is 0.266 bits per heavy atom. The smallest absolute Gasteiger partial charge is 0.462 e. The van der Waals surface area contributed by atoms with Crippen molar-refractivity contribution in [2.75, 3.05) is 39.6 Å². The van der Waals surface area contributed by atoms with Gasteiger partial charge in [0.2, 0.25) is 0 Å². The average molecular weight is 1380 g/mol. The molecular weight excluding hydrogens is 1230 g/mol. The number of carbonyl (C=O) groups is 4. The van der Waals surface area contributed by atoms with Crippen LogP contribution in [0.4, 0.5) is 0 Å². The minimum absolute atomic E-state index is 0.104. The zero-order valence-corrected chi connectivity index (χ0v) is 63.4. The summed E-state index contributed by atoms with van der Waals surface area (Å²) in [7, 11) is -9.91. The van der Waals surface area contributed by atoms with Crippen LogP contribution in [0.5, 0.6) is 0 Å². The Morgan fingerprint density at radius 3 is 0.660 bits per heavy atom. The number of hydrogen-bond acceptors (Lipinski definition) is 15. The first-order valence-electron chi connectivity index (χ1n) is 38.7. The topological polar surface area (TPSA) is 237 Å². The van der Waals surface area contributed by atoms with Gasteiger partial charge in [-0.15, -0.1) is 0 Å². The molecule has 5 atom stereocenters. The minimum Gasteiger partial charge on any atom is -0.462 e. The molecule has 94 heavy (non-hydrogen) atoms. The van der Waals surface area contributed by atoms with Gasteiger partial charge in [0.05, 0.1) is 26.4 Å². The van der Waals surface area contributed by atoms with E-state index in [0.717, 1.165) is 114 Å². The molecule has 0 aliphatic rings. The number of aliphatic hydroxyl groups excluding tert-OH is 1. The zero-order valence-electron chi connectivity index (χ0n) is 61.6. The Balaban J connectivity index is 5.23. The zero-order chi connectivity index (χ0) is 69.6. The molecule has 0 aromatic carbocycles. The normalized spacial score (nSPS) is 14.2. The summed E-state index contributed by atoms with van der Waals surface area (Å²) in [4.78, 5) is 72.7. The van der Waals surface area contributed by atoms with E-state index >= 15 is 0 Å². The number of rotatable bonds is 72. The Hall–Kier alpha value is -1.94. The first-order valence-corrected chi connectivity index (χ1v) is 41.7. The van der Waals surface area contributed by atoms with E-state index in [2.05, 4.69) is 55.4 Å². The predicted octanol–water partition coefficient (Wildman–Crippen LogP) is 21.7. The maximum absolute atomic E-state index is 13.1. The molecule has 19 heteroatoms. The molecule has 0 aromatic heterocycles. The van der Waals surface area contributed by atoms with Crippen LogP contribution in [-0.4, -0.2) is 96.7 Å². The third kappa shape index (κ3) is 68.6. The van der Waals surface area contributed by atoms with E-state index in [4.69, 9.17) is 37.0 Å². The molecule has 0 saturated carbocycles. The van der Waals surface area contributed by atoms with Gasteiger partial charge >= 0.3 is 39.5 Å². The molecule has 0 aliphatic heterocycles. The van der Waals surface area contributed by atoms with Crippen LogP contribution in [0.15, 0.2) is 0 Å². The lowest BCUT2D eigenvalue weighted by Gasteiger charge is -2.21. The van der Waals surface area contributed by atoms with E-state index < -0.39 is 97.5 Å². The molecule has 17 nitrogen and oxygen atoms in total. The van der Waals surface area contributed by atoms with Crippen LogP contribution < -0.4 is 0 Å². The number of hydrogen-bond donors (Lipinski definition) is 3. The van der Waals surface area contributed by atoms with Crippen LogP contribution in [-0.2, 0) is 65.4 Å². The number of carbonyl (C=O) groups excluding carboxylic acids is 4. The largest absolute Gasteiger partial charge is 0.472 e. The van der Waals surface area contributed by atoms with Crippen LogP contribution in [0.1, 0.15) is 376 Å². The van der Waals surface area contributed by atoms with Crippen molar-refractivity contribution in [1.29, 1.82) is 0 Å². The van der Waals surface area contributed by atoms with Crippen molar-refractivity contribution in [1.82, 2.24) is 0 Å². The van der Waals surface area contributed by atoms with E-state index in [1.807, 2.05) is 0 Å². The van der Waals surface area contributed by atoms with Crippen LogP contribution in [0.2, 0.25) is 0 Å². The van der Waals surface area contributed by atoms with Gasteiger partial charge in [-0.3, -0.25) is 37.3 Å². The third-order valence-corrected chi connectivity index (χ3v) is 19.2. The van der Waals surface area contributed by atoms with Gasteiger partial charge in [0.15, 0.2) is 12.2 Å². The SMILES string of the molecule is CC(C)CCCCCCCCCCCCCCCCCC(=O)OC[C@H](COP(=O)(O)OCC(O)COP(=O)(O)OC[C@@H](COC(=O)CCCCCCCCCCC(C)C)OC(=O)CCCCCCCCCCC(C)C)OC(=O)CCCCCCCCCCCCCC(C)C. The van der Waals surface area contributed by atoms with E-state index in [1.54, 1.807) is 0 Å². The fraction of sp³-hybridized carbons (Fsp3) is 0.947. The second-order valence-electron chi connectivity index (χ2n) is 28.9. The molecule has 0 spiro atoms. The average Bonchev–Trinajstić information content (AvgIpc) is 1.19. The third-order valence-electron chi connectivity index (χ3n) is 17.3. The molecule has 0 rings (SSSR count). The summed E-state index contributed by atoms with van der Waals surface area (Å²) in [6, 6.07) is 0. The summed E-state index contributed by atoms with van der Waals surface area (Å²) in [5, 5.41) is 10.6. The summed E-state index contributed by atoms with van der Waals surface area (Å²) >= 11 is 0. The lowest BCUT2D eigenvalue weighted by Crippen LogP contribution is -2.30. The summed E-state index contributed by atoms with van der Waals surface area (Å²) < 4.78 is 68.5. The molecular formula is C75H146O17P2. The molecule has 3 unspecified atom stereocenters. The Bertz CT molecular complexity index is 1850. The van der Waals surface area contributed by atoms with Gasteiger partial charge < -0.3 is 33.8 Å². The number of phosphoric ester groups is 2. The maximum atomic E-state index is 13.1. The molecule has 0 amide bonds. The molecule has 558 valence electrons. The summed E-state index contributed by atoms with van der Waals surface area (Å²) in [5.41, 5.74) is 0. The highest BCUT2D eigenvalue weighted by Gasteiger charge is 2.30. The fourth-order valence-corrected chi connectivity index (χ4v) is 13.0. The summed E-state index contributed by atoms with van der Waals surface area (Å²) in [6.07, 6.45) is 48.7. The fourth-order valence-electron chi connectivity index (χ4n) is 11.4. The van der Waals surface area contributed by atoms with Crippen molar-refractivity contribution in [3.05, 3.63) is 0 Å². The van der Waals surface area contributed by atoms with Crippen LogP contribution >= 0.6 is 15.6 Å². The Labute approximate surface area is 575 Å². The van der Waals surface area contributed by atoms with E-state index in [0.29, 0.717) is 25.7 Å². The van der Waals surface area contributed by atoms with Crippen molar-refractivity contribution in [3.8, 4) is 0 Å². The number of phosphoric acid groups is 2. The molecule has 3 N–H and O–H groups in total. The second-order valence-corrected chi connectivity index (χ2v) is 31.9. The van der Waals surface area contributed by atoms with Crippen molar-refractivity contribution in [2.24, 2.45) is 23.7 Å². The van der Waals surface area contributed by atoms with E-state index in [-0.39, 0.29) is 25.7 Å². The molecule has 0 radical (unpaired) electrons. The molecule has 0 fully saturated rings. The van der Waals surface area contributed by atoms with E-state index in [1.165, 1.54) is 180 Å². The summed E-state index contributed by atoms with van der Waals surface area (Å²) in [5.74, 6) is 0.892. The quantitative estimate of drug-likeness (QED) is 0.0222.